The number of rotatable bonds is 9. The highest BCUT2D eigenvalue weighted by Crippen LogP contribution is 2.52. The zero-order valence-electron chi connectivity index (χ0n) is 17.0. The Labute approximate surface area is 152 Å². The predicted octanol–water partition coefficient (Wildman–Crippen LogP) is 6.69. The second kappa shape index (κ2) is 9.73. The highest BCUT2D eigenvalue weighted by atomic mass is 28.4. The van der Waals surface area contributed by atoms with Crippen molar-refractivity contribution in [3.05, 3.63) is 0 Å². The molecule has 2 rings (SSSR count). The Morgan fingerprint density at radius 1 is 0.875 bits per heavy atom. The summed E-state index contributed by atoms with van der Waals surface area (Å²) in [5, 5.41) is 0. The lowest BCUT2D eigenvalue weighted by Gasteiger charge is -2.46. The minimum Gasteiger partial charge on any atom is -0.394 e. The molecule has 3 unspecified atom stereocenters. The molecule has 3 atom stereocenters. The van der Waals surface area contributed by atoms with Crippen LogP contribution in [0, 0.1) is 17.8 Å². The molecule has 0 aromatic carbocycles. The molecule has 2 aliphatic rings. The molecule has 2 aliphatic carbocycles. The van der Waals surface area contributed by atoms with E-state index in [2.05, 4.69) is 34.6 Å². The fourth-order valence-corrected chi connectivity index (χ4v) is 10.5. The van der Waals surface area contributed by atoms with Gasteiger partial charge >= 0.3 is 8.56 Å². The van der Waals surface area contributed by atoms with Gasteiger partial charge in [-0.15, -0.1) is 0 Å². The Morgan fingerprint density at radius 2 is 1.46 bits per heavy atom. The molecule has 0 spiro atoms. The second-order valence-electron chi connectivity index (χ2n) is 9.20. The maximum atomic E-state index is 6.88. The van der Waals surface area contributed by atoms with Gasteiger partial charge in [0.25, 0.3) is 0 Å². The van der Waals surface area contributed by atoms with Crippen LogP contribution in [-0.2, 0) is 8.85 Å². The van der Waals surface area contributed by atoms with Crippen molar-refractivity contribution in [2.24, 2.45) is 17.8 Å². The second-order valence-corrected chi connectivity index (χ2v) is 12.8. The summed E-state index contributed by atoms with van der Waals surface area (Å²) >= 11 is 0. The van der Waals surface area contributed by atoms with Gasteiger partial charge < -0.3 is 8.85 Å². The maximum absolute atomic E-state index is 6.88. The lowest BCUT2D eigenvalue weighted by atomic mass is 9.83. The average Bonchev–Trinajstić information content (AvgIpc) is 3.04. The van der Waals surface area contributed by atoms with Crippen LogP contribution in [0.4, 0.5) is 0 Å². The third kappa shape index (κ3) is 5.31. The summed E-state index contributed by atoms with van der Waals surface area (Å²) in [7, 11) is -2.13. The molecular formula is C21H42O2Si. The highest BCUT2D eigenvalue weighted by molar-refractivity contribution is 6.70. The predicted molar refractivity (Wildman–Crippen MR) is 106 cm³/mol. The van der Waals surface area contributed by atoms with Crippen LogP contribution in [0.25, 0.3) is 0 Å². The molecule has 0 aliphatic heterocycles. The maximum Gasteiger partial charge on any atom is 0.344 e. The van der Waals surface area contributed by atoms with Crippen molar-refractivity contribution in [3.8, 4) is 0 Å². The van der Waals surface area contributed by atoms with Crippen molar-refractivity contribution >= 4 is 8.56 Å². The van der Waals surface area contributed by atoms with Gasteiger partial charge in [-0.2, -0.15) is 0 Å². The van der Waals surface area contributed by atoms with Crippen molar-refractivity contribution in [1.82, 2.24) is 0 Å². The Balaban J connectivity index is 2.20. The minimum absolute atomic E-state index is 0.718. The topological polar surface area (TPSA) is 18.5 Å². The van der Waals surface area contributed by atoms with Gasteiger partial charge in [-0.05, 0) is 62.7 Å². The molecule has 0 N–H and O–H groups in total. The number of hydrogen-bond acceptors (Lipinski definition) is 2. The van der Waals surface area contributed by atoms with Gasteiger partial charge in [-0.1, -0.05) is 47.5 Å². The third-order valence-electron chi connectivity index (χ3n) is 6.23. The molecule has 0 bridgehead atoms. The SMILES string of the molecule is CCCO[Si](OCCC(C)C)(C1CCCC1)C1CC(C)CC(C)C1. The third-order valence-corrected chi connectivity index (χ3v) is 10.9. The van der Waals surface area contributed by atoms with Crippen LogP contribution >= 0.6 is 0 Å². The van der Waals surface area contributed by atoms with Crippen LogP contribution in [0.1, 0.15) is 92.4 Å². The van der Waals surface area contributed by atoms with Crippen molar-refractivity contribution in [2.75, 3.05) is 13.2 Å². The van der Waals surface area contributed by atoms with E-state index in [4.69, 9.17) is 8.85 Å². The van der Waals surface area contributed by atoms with Gasteiger partial charge in [0.15, 0.2) is 0 Å². The monoisotopic (exact) mass is 354 g/mol. The molecule has 142 valence electrons. The Morgan fingerprint density at radius 3 is 2.00 bits per heavy atom. The van der Waals surface area contributed by atoms with Crippen LogP contribution in [0.15, 0.2) is 0 Å². The van der Waals surface area contributed by atoms with E-state index in [-0.39, 0.29) is 0 Å². The van der Waals surface area contributed by atoms with Gasteiger partial charge in [-0.3, -0.25) is 0 Å². The summed E-state index contributed by atoms with van der Waals surface area (Å²) in [6.45, 7) is 13.6. The van der Waals surface area contributed by atoms with Crippen LogP contribution in [0.5, 0.6) is 0 Å². The largest absolute Gasteiger partial charge is 0.394 e. The van der Waals surface area contributed by atoms with Gasteiger partial charge in [0.2, 0.25) is 0 Å². The first-order chi connectivity index (χ1) is 11.5. The van der Waals surface area contributed by atoms with Gasteiger partial charge in [0, 0.05) is 24.3 Å². The van der Waals surface area contributed by atoms with E-state index in [1.165, 1.54) is 51.4 Å². The summed E-state index contributed by atoms with van der Waals surface area (Å²) in [4.78, 5) is 0. The average molecular weight is 355 g/mol. The van der Waals surface area contributed by atoms with Crippen LogP contribution in [-0.4, -0.2) is 21.8 Å². The lowest BCUT2D eigenvalue weighted by Crippen LogP contribution is -2.53. The molecule has 0 aromatic heterocycles. The minimum atomic E-state index is -2.13. The highest BCUT2D eigenvalue weighted by Gasteiger charge is 2.54. The van der Waals surface area contributed by atoms with E-state index < -0.39 is 8.56 Å². The molecule has 2 saturated carbocycles. The summed E-state index contributed by atoms with van der Waals surface area (Å²) in [5.41, 5.74) is 1.47. The van der Waals surface area contributed by atoms with Crippen molar-refractivity contribution in [3.63, 3.8) is 0 Å². The van der Waals surface area contributed by atoms with E-state index in [0.717, 1.165) is 48.5 Å². The smallest absolute Gasteiger partial charge is 0.344 e. The van der Waals surface area contributed by atoms with E-state index in [1.807, 2.05) is 0 Å². The van der Waals surface area contributed by atoms with Crippen LogP contribution < -0.4 is 0 Å². The van der Waals surface area contributed by atoms with Gasteiger partial charge in [-0.25, -0.2) is 0 Å². The molecule has 2 fully saturated rings. The Hall–Kier alpha value is 0.137. The molecule has 0 aromatic rings. The lowest BCUT2D eigenvalue weighted by molar-refractivity contribution is 0.124. The molecular weight excluding hydrogens is 312 g/mol. The molecule has 0 saturated heterocycles. The first-order valence-electron chi connectivity index (χ1n) is 10.8. The molecule has 0 heterocycles. The van der Waals surface area contributed by atoms with E-state index in [1.54, 1.807) is 0 Å². The van der Waals surface area contributed by atoms with Gasteiger partial charge in [0.1, 0.15) is 0 Å². The zero-order valence-corrected chi connectivity index (χ0v) is 18.0. The van der Waals surface area contributed by atoms with Crippen molar-refractivity contribution in [1.29, 1.82) is 0 Å². The number of hydrogen-bond donors (Lipinski definition) is 0. The zero-order chi connectivity index (χ0) is 17.6. The fraction of sp³-hybridized carbons (Fsp3) is 1.00. The fourth-order valence-electron chi connectivity index (χ4n) is 5.17. The normalized spacial score (nSPS) is 31.5. The quantitative estimate of drug-likeness (QED) is 0.429. The first kappa shape index (κ1) is 20.4. The molecule has 2 nitrogen and oxygen atoms in total. The molecule has 24 heavy (non-hydrogen) atoms. The standard InChI is InChI=1S/C21H42O2Si/c1-6-12-22-24(20-9-7-8-10-20,23-13-11-17(2)3)21-15-18(4)14-19(5)16-21/h17-21H,6-16H2,1-5H3. The van der Waals surface area contributed by atoms with Gasteiger partial charge in [0.05, 0.1) is 0 Å². The molecule has 0 radical (unpaired) electrons. The van der Waals surface area contributed by atoms with E-state index >= 15 is 0 Å². The summed E-state index contributed by atoms with van der Waals surface area (Å²) in [6.07, 6.45) is 11.9. The Bertz CT molecular complexity index is 344. The first-order valence-corrected chi connectivity index (χ1v) is 12.7. The van der Waals surface area contributed by atoms with Crippen molar-refractivity contribution in [2.45, 2.75) is 103 Å². The van der Waals surface area contributed by atoms with Crippen molar-refractivity contribution < 1.29 is 8.85 Å². The molecule has 0 amide bonds. The summed E-state index contributed by atoms with van der Waals surface area (Å²) in [5.74, 6) is 2.40. The van der Waals surface area contributed by atoms with Crippen LogP contribution in [0.2, 0.25) is 11.1 Å². The summed E-state index contributed by atoms with van der Waals surface area (Å²) in [6, 6.07) is 0. The van der Waals surface area contributed by atoms with Crippen LogP contribution in [0.3, 0.4) is 0 Å². The Kier molecular flexibility index (Phi) is 8.29. The summed E-state index contributed by atoms with van der Waals surface area (Å²) < 4.78 is 13.7. The van der Waals surface area contributed by atoms with E-state index in [0.29, 0.717) is 0 Å². The van der Waals surface area contributed by atoms with E-state index in [9.17, 15) is 0 Å². The molecule has 3 heteroatoms.